The van der Waals surface area contributed by atoms with Crippen LogP contribution in [0, 0.1) is 0 Å². The van der Waals surface area contributed by atoms with Crippen molar-refractivity contribution in [2.75, 3.05) is 0 Å². The van der Waals surface area contributed by atoms with Gasteiger partial charge in [-0.3, -0.25) is 0 Å². The third-order valence-electron chi connectivity index (χ3n) is 2.22. The smallest absolute Gasteiger partial charge is 0.0893 e. The predicted molar refractivity (Wildman–Crippen MR) is 64.1 cm³/mol. The molecule has 0 aliphatic heterocycles. The van der Waals surface area contributed by atoms with Crippen LogP contribution in [0.15, 0.2) is 16.8 Å². The highest BCUT2D eigenvalue weighted by molar-refractivity contribution is 7.10. The monoisotopic (exact) mass is 239 g/mol. The normalized spacial score (nSPS) is 10.7. The van der Waals surface area contributed by atoms with Gasteiger partial charge in [0.1, 0.15) is 0 Å². The summed E-state index contributed by atoms with van der Waals surface area (Å²) in [5.41, 5.74) is 2.47. The summed E-state index contributed by atoms with van der Waals surface area (Å²) in [4.78, 5) is 1.43. The molecule has 0 bridgehead atoms. The van der Waals surface area contributed by atoms with E-state index in [4.69, 9.17) is 0 Å². The van der Waals surface area contributed by atoms with Crippen molar-refractivity contribution in [1.82, 2.24) is 14.9 Å². The molecule has 15 heavy (non-hydrogen) atoms. The Morgan fingerprint density at radius 3 is 3.07 bits per heavy atom. The van der Waals surface area contributed by atoms with Gasteiger partial charge in [0, 0.05) is 23.3 Å². The number of nitrogens with one attached hydrogen (secondary N) is 1. The Morgan fingerprint density at radius 1 is 1.40 bits per heavy atom. The highest BCUT2D eigenvalue weighted by Crippen LogP contribution is 2.16. The fraction of sp³-hybridized carbons (Fsp3) is 0.400. The van der Waals surface area contributed by atoms with E-state index < -0.39 is 0 Å². The van der Waals surface area contributed by atoms with Crippen LogP contribution in [0.25, 0.3) is 0 Å². The lowest BCUT2D eigenvalue weighted by atomic mass is 10.2. The molecule has 0 unspecified atom stereocenters. The molecule has 2 rings (SSSR count). The number of hydrogen-bond donors (Lipinski definition) is 1. The minimum Gasteiger partial charge on any atom is -0.306 e. The third kappa shape index (κ3) is 2.84. The summed E-state index contributed by atoms with van der Waals surface area (Å²) in [6.07, 6.45) is 1.11. The minimum atomic E-state index is 0.803. The minimum absolute atomic E-state index is 0.803. The zero-order chi connectivity index (χ0) is 10.5. The molecule has 0 aromatic carbocycles. The summed E-state index contributed by atoms with van der Waals surface area (Å²) < 4.78 is 3.83. The Hall–Kier alpha value is -0.780. The number of thiophene rings is 1. The van der Waals surface area contributed by atoms with Crippen LogP contribution >= 0.6 is 22.9 Å². The summed E-state index contributed by atoms with van der Waals surface area (Å²) >= 11 is 3.21. The third-order valence-corrected chi connectivity index (χ3v) is 3.73. The van der Waals surface area contributed by atoms with Crippen molar-refractivity contribution in [3.8, 4) is 0 Å². The number of hydrogen-bond acceptors (Lipinski definition) is 5. The molecule has 0 atom stereocenters. The first kappa shape index (κ1) is 10.7. The Bertz CT molecular complexity index is 394. The highest BCUT2D eigenvalue weighted by atomic mass is 32.1. The van der Waals surface area contributed by atoms with E-state index >= 15 is 0 Å². The van der Waals surface area contributed by atoms with Crippen molar-refractivity contribution in [3.05, 3.63) is 33.0 Å². The summed E-state index contributed by atoms with van der Waals surface area (Å²) in [5.74, 6) is 0. The fourth-order valence-electron chi connectivity index (χ4n) is 1.40. The van der Waals surface area contributed by atoms with Gasteiger partial charge in [0.15, 0.2) is 0 Å². The van der Waals surface area contributed by atoms with E-state index in [1.54, 1.807) is 0 Å². The van der Waals surface area contributed by atoms with Crippen LogP contribution in [0.5, 0.6) is 0 Å². The van der Waals surface area contributed by atoms with Gasteiger partial charge in [-0.2, -0.15) is 0 Å². The molecule has 2 aromatic rings. The summed E-state index contributed by atoms with van der Waals surface area (Å²) in [7, 11) is 0. The Morgan fingerprint density at radius 2 is 2.33 bits per heavy atom. The van der Waals surface area contributed by atoms with Crippen LogP contribution in [0.3, 0.4) is 0 Å². The van der Waals surface area contributed by atoms with Crippen molar-refractivity contribution in [2.24, 2.45) is 0 Å². The predicted octanol–water partition coefficient (Wildman–Crippen LogP) is 2.45. The zero-order valence-corrected chi connectivity index (χ0v) is 10.2. The average Bonchev–Trinajstić information content (AvgIpc) is 2.88. The SMILES string of the molecule is CCc1ccsc1CNCc1csnn1. The van der Waals surface area contributed by atoms with Crippen LogP contribution in [-0.4, -0.2) is 9.59 Å². The first-order chi connectivity index (χ1) is 7.40. The van der Waals surface area contributed by atoms with Gasteiger partial charge in [-0.05, 0) is 35.0 Å². The van der Waals surface area contributed by atoms with E-state index in [0.29, 0.717) is 0 Å². The van der Waals surface area contributed by atoms with Gasteiger partial charge in [-0.1, -0.05) is 11.4 Å². The molecule has 0 saturated carbocycles. The van der Waals surface area contributed by atoms with Gasteiger partial charge in [-0.15, -0.1) is 16.4 Å². The largest absolute Gasteiger partial charge is 0.306 e. The lowest BCUT2D eigenvalue weighted by Gasteiger charge is -2.02. The van der Waals surface area contributed by atoms with E-state index in [9.17, 15) is 0 Å². The Kier molecular flexibility index (Phi) is 3.82. The number of aromatic nitrogens is 2. The molecular weight excluding hydrogens is 226 g/mol. The molecule has 0 aliphatic rings. The van der Waals surface area contributed by atoms with Crippen LogP contribution in [-0.2, 0) is 19.5 Å². The Balaban J connectivity index is 1.83. The van der Waals surface area contributed by atoms with Gasteiger partial charge in [0.05, 0.1) is 5.69 Å². The van der Waals surface area contributed by atoms with E-state index in [0.717, 1.165) is 25.2 Å². The first-order valence-corrected chi connectivity index (χ1v) is 6.63. The average molecular weight is 239 g/mol. The molecule has 0 amide bonds. The van der Waals surface area contributed by atoms with Gasteiger partial charge in [0.2, 0.25) is 0 Å². The molecule has 0 radical (unpaired) electrons. The van der Waals surface area contributed by atoms with Gasteiger partial charge < -0.3 is 5.32 Å². The summed E-state index contributed by atoms with van der Waals surface area (Å²) in [6, 6.07) is 2.20. The van der Waals surface area contributed by atoms with Crippen molar-refractivity contribution in [1.29, 1.82) is 0 Å². The van der Waals surface area contributed by atoms with Gasteiger partial charge >= 0.3 is 0 Å². The molecule has 0 aliphatic carbocycles. The maximum atomic E-state index is 3.99. The molecule has 2 aromatic heterocycles. The second-order valence-corrected chi connectivity index (χ2v) is 4.83. The highest BCUT2D eigenvalue weighted by Gasteiger charge is 2.02. The lowest BCUT2D eigenvalue weighted by molar-refractivity contribution is 0.680. The second kappa shape index (κ2) is 5.34. The van der Waals surface area contributed by atoms with Crippen molar-refractivity contribution in [3.63, 3.8) is 0 Å². The second-order valence-electron chi connectivity index (χ2n) is 3.22. The van der Waals surface area contributed by atoms with Crippen LogP contribution in [0.2, 0.25) is 0 Å². The number of nitrogens with zero attached hydrogens (tertiary/aromatic N) is 2. The van der Waals surface area contributed by atoms with Crippen molar-refractivity contribution >= 4 is 22.9 Å². The molecule has 3 nitrogen and oxygen atoms in total. The van der Waals surface area contributed by atoms with E-state index in [1.807, 2.05) is 16.7 Å². The molecule has 0 spiro atoms. The zero-order valence-electron chi connectivity index (χ0n) is 8.56. The van der Waals surface area contributed by atoms with Crippen molar-refractivity contribution in [2.45, 2.75) is 26.4 Å². The standard InChI is InChI=1S/C10H13N3S2/c1-2-8-3-4-14-10(8)6-11-5-9-7-15-13-12-9/h3-4,7,11H,2,5-6H2,1H3. The lowest BCUT2D eigenvalue weighted by Crippen LogP contribution is -2.12. The molecule has 80 valence electrons. The Labute approximate surface area is 97.3 Å². The topological polar surface area (TPSA) is 37.8 Å². The van der Waals surface area contributed by atoms with Crippen molar-refractivity contribution < 1.29 is 0 Å². The molecule has 2 heterocycles. The molecule has 5 heteroatoms. The van der Waals surface area contributed by atoms with Crippen LogP contribution < -0.4 is 5.32 Å². The number of aryl methyl sites for hydroxylation is 1. The van der Waals surface area contributed by atoms with E-state index in [2.05, 4.69) is 33.3 Å². The van der Waals surface area contributed by atoms with Crippen LogP contribution in [0.1, 0.15) is 23.1 Å². The molecule has 0 saturated heterocycles. The van der Waals surface area contributed by atoms with Gasteiger partial charge in [-0.25, -0.2) is 0 Å². The fourth-order valence-corrected chi connectivity index (χ4v) is 2.80. The first-order valence-electron chi connectivity index (χ1n) is 4.92. The maximum absolute atomic E-state index is 3.99. The summed E-state index contributed by atoms with van der Waals surface area (Å²) in [5, 5.41) is 11.5. The van der Waals surface area contributed by atoms with E-state index in [1.165, 1.54) is 22.0 Å². The molecule has 1 N–H and O–H groups in total. The molecular formula is C10H13N3S2. The quantitative estimate of drug-likeness (QED) is 0.871. The molecule has 0 fully saturated rings. The van der Waals surface area contributed by atoms with E-state index in [-0.39, 0.29) is 0 Å². The number of rotatable bonds is 5. The van der Waals surface area contributed by atoms with Crippen LogP contribution in [0.4, 0.5) is 0 Å². The maximum Gasteiger partial charge on any atom is 0.0893 e. The summed E-state index contributed by atoms with van der Waals surface area (Å²) in [6.45, 7) is 3.92. The van der Waals surface area contributed by atoms with Gasteiger partial charge in [0.25, 0.3) is 0 Å².